The molecular weight excluding hydrogens is 272 g/mol. The topological polar surface area (TPSA) is 77.9 Å². The maximum Gasteiger partial charge on any atom is 0.323 e. The van der Waals surface area contributed by atoms with Crippen LogP contribution in [0.15, 0.2) is 0 Å². The van der Waals surface area contributed by atoms with Gasteiger partial charge in [0.05, 0.1) is 12.5 Å². The minimum atomic E-state index is -1.05. The fraction of sp³-hybridized carbons (Fsp3) is 0.800. The van der Waals surface area contributed by atoms with Gasteiger partial charge in [-0.15, -0.1) is 0 Å². The van der Waals surface area contributed by atoms with E-state index >= 15 is 0 Å². The number of carboxylic acids is 1. The molecule has 6 nitrogen and oxygen atoms in total. The first-order valence-corrected chi connectivity index (χ1v) is 7.69. The second kappa shape index (κ2) is 5.75. The molecule has 0 radical (unpaired) electrons. The lowest BCUT2D eigenvalue weighted by Gasteiger charge is -2.44. The van der Waals surface area contributed by atoms with E-state index in [2.05, 4.69) is 0 Å². The molecule has 0 aromatic heterocycles. The Kier molecular flexibility index (Phi) is 4.37. The van der Waals surface area contributed by atoms with Gasteiger partial charge < -0.3 is 5.11 Å². The first kappa shape index (κ1) is 15.9. The van der Waals surface area contributed by atoms with E-state index in [-0.39, 0.29) is 24.3 Å². The van der Waals surface area contributed by atoms with Crippen molar-refractivity contribution in [2.75, 3.05) is 6.54 Å². The fourth-order valence-electron chi connectivity index (χ4n) is 3.39. The second-order valence-electron chi connectivity index (χ2n) is 6.31. The van der Waals surface area contributed by atoms with Crippen LogP contribution in [0, 0.1) is 0 Å². The third kappa shape index (κ3) is 2.57. The van der Waals surface area contributed by atoms with E-state index in [0.717, 1.165) is 12.8 Å². The number of rotatable bonds is 4. The van der Waals surface area contributed by atoms with Crippen LogP contribution >= 0.6 is 0 Å². The van der Waals surface area contributed by atoms with Gasteiger partial charge in [-0.2, -0.15) is 0 Å². The van der Waals surface area contributed by atoms with E-state index in [0.29, 0.717) is 19.4 Å². The zero-order valence-electron chi connectivity index (χ0n) is 13.0. The van der Waals surface area contributed by atoms with Crippen LogP contribution in [0.2, 0.25) is 0 Å². The van der Waals surface area contributed by atoms with E-state index in [4.69, 9.17) is 0 Å². The minimum Gasteiger partial charge on any atom is -0.480 e. The standard InChI is InChI=1S/C15H24N2O4/c1-4-10(2)17-12(18)9-11(13(17)19)16-8-6-5-7-15(16,3)14(20)21/h10-11H,4-9H2,1-3H3,(H,20,21). The predicted octanol–water partition coefficient (Wildman–Crippen LogP) is 1.24. The molecule has 2 amide bonds. The van der Waals surface area contributed by atoms with Crippen LogP contribution in [0.4, 0.5) is 0 Å². The van der Waals surface area contributed by atoms with E-state index < -0.39 is 17.6 Å². The van der Waals surface area contributed by atoms with Crippen LogP contribution in [0.1, 0.15) is 52.9 Å². The number of carboxylic acid groups (broad SMARTS) is 1. The van der Waals surface area contributed by atoms with E-state index in [1.54, 1.807) is 11.8 Å². The summed E-state index contributed by atoms with van der Waals surface area (Å²) in [6.07, 6.45) is 3.03. The molecular formula is C15H24N2O4. The van der Waals surface area contributed by atoms with Gasteiger partial charge in [0.1, 0.15) is 5.54 Å². The summed E-state index contributed by atoms with van der Waals surface area (Å²) in [5, 5.41) is 9.55. The molecule has 2 heterocycles. The Morgan fingerprint density at radius 2 is 2.10 bits per heavy atom. The van der Waals surface area contributed by atoms with Crippen molar-refractivity contribution in [3.8, 4) is 0 Å². The smallest absolute Gasteiger partial charge is 0.323 e. The molecule has 3 unspecified atom stereocenters. The molecule has 0 aromatic carbocycles. The molecule has 0 saturated carbocycles. The lowest BCUT2D eigenvalue weighted by atomic mass is 9.86. The molecule has 21 heavy (non-hydrogen) atoms. The number of carbonyl (C=O) groups is 3. The van der Waals surface area contributed by atoms with Crippen molar-refractivity contribution in [2.24, 2.45) is 0 Å². The molecule has 0 aromatic rings. The molecule has 0 spiro atoms. The van der Waals surface area contributed by atoms with Gasteiger partial charge in [0.15, 0.2) is 0 Å². The highest BCUT2D eigenvalue weighted by atomic mass is 16.4. The Morgan fingerprint density at radius 3 is 2.67 bits per heavy atom. The Bertz CT molecular complexity index is 465. The zero-order valence-corrected chi connectivity index (χ0v) is 13.0. The third-order valence-electron chi connectivity index (χ3n) is 4.97. The highest BCUT2D eigenvalue weighted by Crippen LogP contribution is 2.34. The predicted molar refractivity (Wildman–Crippen MR) is 76.6 cm³/mol. The average molecular weight is 296 g/mol. The molecule has 2 aliphatic heterocycles. The molecule has 0 bridgehead atoms. The van der Waals surface area contributed by atoms with Crippen molar-refractivity contribution in [1.29, 1.82) is 0 Å². The van der Waals surface area contributed by atoms with Gasteiger partial charge in [0.25, 0.3) is 0 Å². The molecule has 3 atom stereocenters. The maximum absolute atomic E-state index is 12.6. The number of carbonyl (C=O) groups excluding carboxylic acids is 2. The monoisotopic (exact) mass is 296 g/mol. The third-order valence-corrected chi connectivity index (χ3v) is 4.97. The SMILES string of the molecule is CCC(C)N1C(=O)CC(N2CCCCC2(C)C(=O)O)C1=O. The highest BCUT2D eigenvalue weighted by molar-refractivity contribution is 6.06. The van der Waals surface area contributed by atoms with Crippen molar-refractivity contribution in [2.45, 2.75) is 70.5 Å². The Balaban J connectivity index is 2.27. The molecule has 1 N–H and O–H groups in total. The molecule has 6 heteroatoms. The lowest BCUT2D eigenvalue weighted by Crippen LogP contribution is -2.60. The summed E-state index contributed by atoms with van der Waals surface area (Å²) >= 11 is 0. The van der Waals surface area contributed by atoms with E-state index in [1.165, 1.54) is 4.90 Å². The van der Waals surface area contributed by atoms with Crippen LogP contribution in [-0.4, -0.2) is 56.9 Å². The number of imide groups is 1. The summed E-state index contributed by atoms with van der Waals surface area (Å²) in [7, 11) is 0. The van der Waals surface area contributed by atoms with Gasteiger partial charge in [-0.3, -0.25) is 24.2 Å². The number of hydrogen-bond donors (Lipinski definition) is 1. The second-order valence-corrected chi connectivity index (χ2v) is 6.31. The number of piperidine rings is 1. The fourth-order valence-corrected chi connectivity index (χ4v) is 3.39. The molecule has 2 rings (SSSR count). The summed E-state index contributed by atoms with van der Waals surface area (Å²) < 4.78 is 0. The quantitative estimate of drug-likeness (QED) is 0.790. The first-order chi connectivity index (χ1) is 9.82. The van der Waals surface area contributed by atoms with Gasteiger partial charge in [-0.25, -0.2) is 0 Å². The first-order valence-electron chi connectivity index (χ1n) is 7.69. The van der Waals surface area contributed by atoms with Crippen molar-refractivity contribution < 1.29 is 19.5 Å². The summed E-state index contributed by atoms with van der Waals surface area (Å²) in [6.45, 7) is 6.00. The number of aliphatic carboxylic acids is 1. The summed E-state index contributed by atoms with van der Waals surface area (Å²) in [4.78, 5) is 39.5. The number of amides is 2. The van der Waals surface area contributed by atoms with Crippen molar-refractivity contribution >= 4 is 17.8 Å². The number of nitrogens with zero attached hydrogens (tertiary/aromatic N) is 2. The van der Waals surface area contributed by atoms with Crippen molar-refractivity contribution in [3.63, 3.8) is 0 Å². The number of likely N-dealkylation sites (tertiary alicyclic amines) is 2. The van der Waals surface area contributed by atoms with Gasteiger partial charge in [-0.05, 0) is 39.5 Å². The van der Waals surface area contributed by atoms with Crippen LogP contribution in [0.25, 0.3) is 0 Å². The largest absolute Gasteiger partial charge is 0.480 e. The minimum absolute atomic E-state index is 0.103. The zero-order chi connectivity index (χ0) is 15.8. The van der Waals surface area contributed by atoms with Gasteiger partial charge in [-0.1, -0.05) is 6.92 Å². The van der Waals surface area contributed by atoms with Gasteiger partial charge in [0, 0.05) is 12.6 Å². The van der Waals surface area contributed by atoms with Crippen molar-refractivity contribution in [3.05, 3.63) is 0 Å². The molecule has 2 fully saturated rings. The lowest BCUT2D eigenvalue weighted by molar-refractivity contribution is -0.157. The molecule has 118 valence electrons. The van der Waals surface area contributed by atoms with E-state index in [1.807, 2.05) is 13.8 Å². The molecule has 2 saturated heterocycles. The van der Waals surface area contributed by atoms with E-state index in [9.17, 15) is 19.5 Å². The maximum atomic E-state index is 12.6. The summed E-state index contributed by atoms with van der Waals surface area (Å²) in [6, 6.07) is -0.747. The Labute approximate surface area is 125 Å². The van der Waals surface area contributed by atoms with Gasteiger partial charge >= 0.3 is 5.97 Å². The van der Waals surface area contributed by atoms with Crippen LogP contribution in [0.5, 0.6) is 0 Å². The summed E-state index contributed by atoms with van der Waals surface area (Å²) in [5.41, 5.74) is -1.05. The Morgan fingerprint density at radius 1 is 1.43 bits per heavy atom. The van der Waals surface area contributed by atoms with Crippen LogP contribution < -0.4 is 0 Å². The summed E-state index contributed by atoms with van der Waals surface area (Å²) in [5.74, 6) is -1.33. The van der Waals surface area contributed by atoms with Crippen LogP contribution in [0.3, 0.4) is 0 Å². The highest BCUT2D eigenvalue weighted by Gasteiger charge is 2.51. The van der Waals surface area contributed by atoms with Gasteiger partial charge in [0.2, 0.25) is 11.8 Å². The molecule has 0 aliphatic carbocycles. The van der Waals surface area contributed by atoms with Crippen molar-refractivity contribution in [1.82, 2.24) is 9.80 Å². The number of hydrogen-bond acceptors (Lipinski definition) is 4. The average Bonchev–Trinajstić information content (AvgIpc) is 2.73. The Hall–Kier alpha value is -1.43. The molecule has 2 aliphatic rings. The van der Waals surface area contributed by atoms with Crippen LogP contribution in [-0.2, 0) is 14.4 Å². The normalized spacial score (nSPS) is 32.5.